The number of carboxylic acids is 1. The first-order chi connectivity index (χ1) is 8.06. The zero-order valence-electron chi connectivity index (χ0n) is 9.82. The lowest BCUT2D eigenvalue weighted by Crippen LogP contribution is -2.01. The number of H-pyrrole nitrogens is 1. The zero-order valence-corrected chi connectivity index (χ0v) is 9.82. The topological polar surface area (TPSA) is 66.0 Å². The number of aromatic amines is 1. The fourth-order valence-electron chi connectivity index (χ4n) is 1.85. The summed E-state index contributed by atoms with van der Waals surface area (Å²) in [4.78, 5) is 17.7. The van der Waals surface area contributed by atoms with Crippen LogP contribution in [0.25, 0.3) is 11.3 Å². The van der Waals surface area contributed by atoms with Gasteiger partial charge in [0.25, 0.3) is 0 Å². The summed E-state index contributed by atoms with van der Waals surface area (Å²) in [5.41, 5.74) is 4.27. The number of aryl methyl sites for hydroxylation is 2. The molecule has 0 unspecified atom stereocenters. The Morgan fingerprint density at radius 1 is 1.41 bits per heavy atom. The number of benzene rings is 1. The van der Waals surface area contributed by atoms with E-state index < -0.39 is 5.97 Å². The molecule has 0 aliphatic carbocycles. The molecule has 0 spiro atoms. The standard InChI is InChI=1S/C13H14N2O2/c1-8-3-4-10(9(2)5-8)11-7-14-12(15-11)6-13(16)17/h3-5,7H,6H2,1-2H3,(H,14,15)(H,16,17). The maximum Gasteiger partial charge on any atom is 0.311 e. The third kappa shape index (κ3) is 2.53. The van der Waals surface area contributed by atoms with E-state index in [1.807, 2.05) is 26.0 Å². The fraction of sp³-hybridized carbons (Fsp3) is 0.231. The van der Waals surface area contributed by atoms with Gasteiger partial charge in [-0.15, -0.1) is 0 Å². The van der Waals surface area contributed by atoms with E-state index in [1.54, 1.807) is 6.20 Å². The molecule has 0 fully saturated rings. The number of aliphatic carboxylic acids is 1. The van der Waals surface area contributed by atoms with Gasteiger partial charge in [-0.3, -0.25) is 4.79 Å². The summed E-state index contributed by atoms with van der Waals surface area (Å²) in [6, 6.07) is 6.13. The minimum absolute atomic E-state index is 0.0785. The first kappa shape index (κ1) is 11.4. The van der Waals surface area contributed by atoms with E-state index in [9.17, 15) is 4.79 Å². The van der Waals surface area contributed by atoms with Crippen LogP contribution in [0.2, 0.25) is 0 Å². The quantitative estimate of drug-likeness (QED) is 0.850. The molecule has 0 aliphatic heterocycles. The van der Waals surface area contributed by atoms with Crippen molar-refractivity contribution in [3.8, 4) is 11.3 Å². The molecular weight excluding hydrogens is 216 g/mol. The molecule has 4 nitrogen and oxygen atoms in total. The highest BCUT2D eigenvalue weighted by molar-refractivity contribution is 5.70. The largest absolute Gasteiger partial charge is 0.481 e. The first-order valence-corrected chi connectivity index (χ1v) is 5.39. The van der Waals surface area contributed by atoms with E-state index in [-0.39, 0.29) is 6.42 Å². The van der Waals surface area contributed by atoms with Crippen molar-refractivity contribution in [1.29, 1.82) is 0 Å². The smallest absolute Gasteiger partial charge is 0.311 e. The second-order valence-electron chi connectivity index (χ2n) is 4.13. The van der Waals surface area contributed by atoms with Gasteiger partial charge >= 0.3 is 5.97 Å². The van der Waals surface area contributed by atoms with E-state index in [1.165, 1.54) is 5.56 Å². The van der Waals surface area contributed by atoms with E-state index in [2.05, 4.69) is 16.0 Å². The van der Waals surface area contributed by atoms with Crippen molar-refractivity contribution >= 4 is 5.97 Å². The van der Waals surface area contributed by atoms with Crippen molar-refractivity contribution in [2.45, 2.75) is 20.3 Å². The SMILES string of the molecule is Cc1ccc(-c2cnc(CC(=O)O)[nH]2)c(C)c1. The molecule has 0 aliphatic rings. The van der Waals surface area contributed by atoms with Crippen molar-refractivity contribution in [3.05, 3.63) is 41.3 Å². The Morgan fingerprint density at radius 3 is 2.82 bits per heavy atom. The van der Waals surface area contributed by atoms with Gasteiger partial charge in [0.2, 0.25) is 0 Å². The van der Waals surface area contributed by atoms with Gasteiger partial charge in [-0.1, -0.05) is 23.8 Å². The molecule has 17 heavy (non-hydrogen) atoms. The number of nitrogens with one attached hydrogen (secondary N) is 1. The molecule has 2 N–H and O–H groups in total. The van der Waals surface area contributed by atoms with Crippen LogP contribution < -0.4 is 0 Å². The summed E-state index contributed by atoms with van der Waals surface area (Å²) in [5, 5.41) is 8.68. The first-order valence-electron chi connectivity index (χ1n) is 5.39. The molecule has 88 valence electrons. The van der Waals surface area contributed by atoms with E-state index in [4.69, 9.17) is 5.11 Å². The van der Waals surface area contributed by atoms with E-state index in [0.29, 0.717) is 5.82 Å². The predicted octanol–water partition coefficient (Wildman–Crippen LogP) is 2.32. The number of rotatable bonds is 3. The summed E-state index contributed by atoms with van der Waals surface area (Å²) >= 11 is 0. The molecule has 0 saturated heterocycles. The highest BCUT2D eigenvalue weighted by Gasteiger charge is 2.08. The Morgan fingerprint density at radius 2 is 2.18 bits per heavy atom. The number of imidazole rings is 1. The van der Waals surface area contributed by atoms with Crippen LogP contribution >= 0.6 is 0 Å². The minimum atomic E-state index is -0.883. The van der Waals surface area contributed by atoms with Gasteiger partial charge in [-0.05, 0) is 19.4 Å². The molecule has 1 heterocycles. The van der Waals surface area contributed by atoms with Crippen LogP contribution in [0.15, 0.2) is 24.4 Å². The van der Waals surface area contributed by atoms with Gasteiger partial charge in [0, 0.05) is 5.56 Å². The number of hydrogen-bond acceptors (Lipinski definition) is 2. The average Bonchev–Trinajstić information content (AvgIpc) is 2.65. The Bertz CT molecular complexity index is 558. The number of hydrogen-bond donors (Lipinski definition) is 2. The van der Waals surface area contributed by atoms with Crippen LogP contribution in [0.5, 0.6) is 0 Å². The zero-order chi connectivity index (χ0) is 12.4. The maximum atomic E-state index is 10.6. The minimum Gasteiger partial charge on any atom is -0.481 e. The normalized spacial score (nSPS) is 10.5. The summed E-state index contributed by atoms with van der Waals surface area (Å²) in [7, 11) is 0. The maximum absolute atomic E-state index is 10.6. The van der Waals surface area contributed by atoms with Crippen molar-refractivity contribution in [2.75, 3.05) is 0 Å². The molecule has 0 radical (unpaired) electrons. The van der Waals surface area contributed by atoms with Crippen LogP contribution in [0.3, 0.4) is 0 Å². The van der Waals surface area contributed by atoms with Crippen LogP contribution in [0, 0.1) is 13.8 Å². The molecule has 0 bridgehead atoms. The third-order valence-electron chi connectivity index (χ3n) is 2.62. The number of aromatic nitrogens is 2. The highest BCUT2D eigenvalue weighted by atomic mass is 16.4. The molecule has 1 aromatic heterocycles. The molecule has 4 heteroatoms. The summed E-state index contributed by atoms with van der Waals surface area (Å²) in [5.74, 6) is -0.404. The summed E-state index contributed by atoms with van der Waals surface area (Å²) in [6.07, 6.45) is 1.60. The Labute approximate surface area is 99.3 Å². The van der Waals surface area contributed by atoms with Crippen molar-refractivity contribution in [1.82, 2.24) is 9.97 Å². The number of carbonyl (C=O) groups is 1. The average molecular weight is 230 g/mol. The molecular formula is C13H14N2O2. The molecule has 0 atom stereocenters. The second-order valence-corrected chi connectivity index (χ2v) is 4.13. The lowest BCUT2D eigenvalue weighted by Gasteiger charge is -2.03. The van der Waals surface area contributed by atoms with Crippen LogP contribution in [-0.4, -0.2) is 21.0 Å². The van der Waals surface area contributed by atoms with Crippen LogP contribution in [-0.2, 0) is 11.2 Å². The molecule has 0 saturated carbocycles. The van der Waals surface area contributed by atoms with E-state index >= 15 is 0 Å². The van der Waals surface area contributed by atoms with Crippen molar-refractivity contribution in [2.24, 2.45) is 0 Å². The lowest BCUT2D eigenvalue weighted by atomic mass is 10.0. The summed E-state index contributed by atoms with van der Waals surface area (Å²) in [6.45, 7) is 4.07. The van der Waals surface area contributed by atoms with Crippen molar-refractivity contribution in [3.63, 3.8) is 0 Å². The number of carboxylic acid groups (broad SMARTS) is 1. The molecule has 1 aromatic carbocycles. The van der Waals surface area contributed by atoms with Gasteiger partial charge in [-0.25, -0.2) is 4.98 Å². The van der Waals surface area contributed by atoms with Crippen LogP contribution in [0.4, 0.5) is 0 Å². The fourth-order valence-corrected chi connectivity index (χ4v) is 1.85. The Balaban J connectivity index is 2.33. The monoisotopic (exact) mass is 230 g/mol. The third-order valence-corrected chi connectivity index (χ3v) is 2.62. The summed E-state index contributed by atoms with van der Waals surface area (Å²) < 4.78 is 0. The van der Waals surface area contributed by atoms with Gasteiger partial charge in [0.1, 0.15) is 12.2 Å². The van der Waals surface area contributed by atoms with Crippen molar-refractivity contribution < 1.29 is 9.90 Å². The molecule has 2 rings (SSSR count). The Hall–Kier alpha value is -2.10. The predicted molar refractivity (Wildman–Crippen MR) is 64.8 cm³/mol. The Kier molecular flexibility index (Phi) is 2.95. The molecule has 2 aromatic rings. The second kappa shape index (κ2) is 4.41. The highest BCUT2D eigenvalue weighted by Crippen LogP contribution is 2.22. The number of nitrogens with zero attached hydrogens (tertiary/aromatic N) is 1. The lowest BCUT2D eigenvalue weighted by molar-refractivity contribution is -0.136. The van der Waals surface area contributed by atoms with Gasteiger partial charge < -0.3 is 10.1 Å². The van der Waals surface area contributed by atoms with Crippen LogP contribution in [0.1, 0.15) is 17.0 Å². The van der Waals surface area contributed by atoms with Gasteiger partial charge in [-0.2, -0.15) is 0 Å². The van der Waals surface area contributed by atoms with Gasteiger partial charge in [0.15, 0.2) is 0 Å². The van der Waals surface area contributed by atoms with Gasteiger partial charge in [0.05, 0.1) is 11.9 Å². The molecule has 0 amide bonds. The van der Waals surface area contributed by atoms with E-state index in [0.717, 1.165) is 16.8 Å².